The van der Waals surface area contributed by atoms with E-state index in [9.17, 15) is 5.11 Å². The third-order valence-electron chi connectivity index (χ3n) is 3.79. The van der Waals surface area contributed by atoms with Gasteiger partial charge in [-0.25, -0.2) is 0 Å². The lowest BCUT2D eigenvalue weighted by molar-refractivity contribution is 0.0415. The fraction of sp³-hybridized carbons (Fsp3) is 0.381. The third kappa shape index (κ3) is 6.65. The van der Waals surface area contributed by atoms with Crippen molar-refractivity contribution in [3.63, 3.8) is 0 Å². The van der Waals surface area contributed by atoms with Crippen LogP contribution in [-0.2, 0) is 11.2 Å². The van der Waals surface area contributed by atoms with E-state index in [0.29, 0.717) is 13.0 Å². The van der Waals surface area contributed by atoms with Crippen molar-refractivity contribution >= 4 is 6.08 Å². The van der Waals surface area contributed by atoms with Gasteiger partial charge in [-0.15, -0.1) is 0 Å². The molecule has 0 saturated heterocycles. The summed E-state index contributed by atoms with van der Waals surface area (Å²) in [5.74, 6) is 0. The molecule has 0 radical (unpaired) electrons. The molecule has 0 bridgehead atoms. The normalized spacial score (nSPS) is 14.4. The number of nitrogens with zero attached hydrogens (tertiary/aromatic N) is 1. The highest BCUT2D eigenvalue weighted by atomic mass is 16.5. The Morgan fingerprint density at radius 2 is 1.92 bits per heavy atom. The lowest BCUT2D eigenvalue weighted by Crippen LogP contribution is -2.16. The summed E-state index contributed by atoms with van der Waals surface area (Å²) < 4.78 is 5.75. The number of hydrogen-bond acceptors (Lipinski definition) is 3. The first-order valence-corrected chi connectivity index (χ1v) is 8.47. The fourth-order valence-electron chi connectivity index (χ4n) is 2.62. The van der Waals surface area contributed by atoms with Crippen LogP contribution in [0.1, 0.15) is 43.9 Å². The van der Waals surface area contributed by atoms with E-state index in [1.54, 1.807) is 13.1 Å². The van der Waals surface area contributed by atoms with Gasteiger partial charge in [-0.2, -0.15) is 0 Å². The van der Waals surface area contributed by atoms with Crippen molar-refractivity contribution in [1.82, 2.24) is 4.98 Å². The van der Waals surface area contributed by atoms with Crippen molar-refractivity contribution < 1.29 is 9.84 Å². The summed E-state index contributed by atoms with van der Waals surface area (Å²) in [6.45, 7) is 6.44. The van der Waals surface area contributed by atoms with E-state index < -0.39 is 0 Å². The molecule has 1 aromatic heterocycles. The standard InChI is InChI=1S/C21H27NO2/c1-16(15-24-18(3)12-17(2)23)11-19-6-8-20(9-7-19)13-21-5-4-10-22-14-21/h4-11,14,17-18,23H,12-13,15H2,1-3H3. The van der Waals surface area contributed by atoms with Crippen LogP contribution in [0, 0.1) is 0 Å². The Kier molecular flexibility index (Phi) is 7.16. The summed E-state index contributed by atoms with van der Waals surface area (Å²) in [5.41, 5.74) is 4.85. The van der Waals surface area contributed by atoms with Gasteiger partial charge in [0.15, 0.2) is 0 Å². The molecule has 1 N–H and O–H groups in total. The summed E-state index contributed by atoms with van der Waals surface area (Å²) in [6.07, 6.45) is 7.15. The molecule has 1 heterocycles. The van der Waals surface area contributed by atoms with Crippen LogP contribution < -0.4 is 0 Å². The number of aliphatic hydroxyl groups is 1. The number of pyridine rings is 1. The van der Waals surface area contributed by atoms with Crippen LogP contribution in [0.3, 0.4) is 0 Å². The van der Waals surface area contributed by atoms with Gasteiger partial charge in [0.05, 0.1) is 18.8 Å². The lowest BCUT2D eigenvalue weighted by Gasteiger charge is -2.14. The topological polar surface area (TPSA) is 42.4 Å². The molecule has 0 amide bonds. The Morgan fingerprint density at radius 3 is 2.54 bits per heavy atom. The van der Waals surface area contributed by atoms with Crippen LogP contribution in [0.15, 0.2) is 54.4 Å². The van der Waals surface area contributed by atoms with Crippen molar-refractivity contribution in [2.24, 2.45) is 0 Å². The Labute approximate surface area is 145 Å². The molecule has 2 rings (SSSR count). The summed E-state index contributed by atoms with van der Waals surface area (Å²) >= 11 is 0. The second-order valence-corrected chi connectivity index (χ2v) is 6.48. The maximum absolute atomic E-state index is 9.36. The van der Waals surface area contributed by atoms with Gasteiger partial charge < -0.3 is 9.84 Å². The van der Waals surface area contributed by atoms with E-state index in [2.05, 4.69) is 48.3 Å². The van der Waals surface area contributed by atoms with Crippen molar-refractivity contribution in [1.29, 1.82) is 0 Å². The molecule has 2 atom stereocenters. The van der Waals surface area contributed by atoms with Gasteiger partial charge in [0.25, 0.3) is 0 Å². The number of aromatic nitrogens is 1. The molecular weight excluding hydrogens is 298 g/mol. The quantitative estimate of drug-likeness (QED) is 0.789. The summed E-state index contributed by atoms with van der Waals surface area (Å²) in [5, 5.41) is 9.36. The van der Waals surface area contributed by atoms with Gasteiger partial charge in [-0.1, -0.05) is 36.4 Å². The monoisotopic (exact) mass is 325 g/mol. The zero-order valence-electron chi connectivity index (χ0n) is 14.8. The molecule has 2 unspecified atom stereocenters. The molecule has 24 heavy (non-hydrogen) atoms. The van der Waals surface area contributed by atoms with Gasteiger partial charge in [-0.3, -0.25) is 4.98 Å². The van der Waals surface area contributed by atoms with E-state index in [4.69, 9.17) is 4.74 Å². The smallest absolute Gasteiger partial charge is 0.0681 e. The van der Waals surface area contributed by atoms with Gasteiger partial charge >= 0.3 is 0 Å². The van der Waals surface area contributed by atoms with E-state index in [0.717, 1.165) is 6.42 Å². The number of benzene rings is 1. The predicted octanol–water partition coefficient (Wildman–Crippen LogP) is 4.25. The van der Waals surface area contributed by atoms with Crippen LogP contribution in [-0.4, -0.2) is 28.9 Å². The van der Waals surface area contributed by atoms with Gasteiger partial charge in [-0.05, 0) is 61.9 Å². The van der Waals surface area contributed by atoms with Crippen molar-refractivity contribution in [3.8, 4) is 0 Å². The predicted molar refractivity (Wildman–Crippen MR) is 98.8 cm³/mol. The molecule has 0 spiro atoms. The highest BCUT2D eigenvalue weighted by Gasteiger charge is 2.06. The molecule has 3 heteroatoms. The second kappa shape index (κ2) is 9.36. The average Bonchev–Trinajstić information content (AvgIpc) is 2.55. The van der Waals surface area contributed by atoms with Gasteiger partial charge in [0, 0.05) is 12.4 Å². The van der Waals surface area contributed by atoms with Crippen LogP contribution in [0.4, 0.5) is 0 Å². The molecule has 1 aromatic carbocycles. The maximum Gasteiger partial charge on any atom is 0.0681 e. The van der Waals surface area contributed by atoms with Crippen LogP contribution in [0.2, 0.25) is 0 Å². The summed E-state index contributed by atoms with van der Waals surface area (Å²) in [6, 6.07) is 12.6. The molecule has 3 nitrogen and oxygen atoms in total. The molecule has 0 aliphatic rings. The zero-order chi connectivity index (χ0) is 17.4. The minimum absolute atomic E-state index is 0.0650. The van der Waals surface area contributed by atoms with Gasteiger partial charge in [0.1, 0.15) is 0 Å². The number of ether oxygens (including phenoxy) is 1. The van der Waals surface area contributed by atoms with E-state index in [1.807, 2.05) is 19.2 Å². The van der Waals surface area contributed by atoms with Crippen LogP contribution >= 0.6 is 0 Å². The highest BCUT2D eigenvalue weighted by molar-refractivity contribution is 5.53. The zero-order valence-corrected chi connectivity index (χ0v) is 14.8. The summed E-state index contributed by atoms with van der Waals surface area (Å²) in [7, 11) is 0. The van der Waals surface area contributed by atoms with E-state index in [-0.39, 0.29) is 12.2 Å². The highest BCUT2D eigenvalue weighted by Crippen LogP contribution is 2.13. The molecule has 2 aromatic rings. The molecule has 0 aliphatic heterocycles. The first-order valence-electron chi connectivity index (χ1n) is 8.47. The minimum Gasteiger partial charge on any atom is -0.393 e. The van der Waals surface area contributed by atoms with Crippen molar-refractivity contribution in [3.05, 3.63) is 71.1 Å². The average molecular weight is 325 g/mol. The maximum atomic E-state index is 9.36. The lowest BCUT2D eigenvalue weighted by atomic mass is 10.0. The SMILES string of the molecule is CC(=Cc1ccc(Cc2cccnc2)cc1)COC(C)CC(C)O. The first-order chi connectivity index (χ1) is 11.5. The Morgan fingerprint density at radius 1 is 1.17 bits per heavy atom. The fourth-order valence-corrected chi connectivity index (χ4v) is 2.62. The molecule has 0 fully saturated rings. The van der Waals surface area contributed by atoms with Crippen molar-refractivity contribution in [2.45, 2.75) is 45.8 Å². The van der Waals surface area contributed by atoms with Crippen LogP contribution in [0.5, 0.6) is 0 Å². The minimum atomic E-state index is -0.323. The Hall–Kier alpha value is -1.97. The number of hydrogen-bond donors (Lipinski definition) is 1. The number of aliphatic hydroxyl groups excluding tert-OH is 1. The third-order valence-corrected chi connectivity index (χ3v) is 3.79. The molecule has 0 aliphatic carbocycles. The Bertz CT molecular complexity index is 633. The molecule has 0 saturated carbocycles. The largest absolute Gasteiger partial charge is 0.393 e. The van der Waals surface area contributed by atoms with Gasteiger partial charge in [0.2, 0.25) is 0 Å². The number of rotatable bonds is 8. The Balaban J connectivity index is 1.88. The molecular formula is C21H27NO2. The molecule has 128 valence electrons. The van der Waals surface area contributed by atoms with E-state index in [1.165, 1.54) is 22.3 Å². The van der Waals surface area contributed by atoms with Crippen molar-refractivity contribution in [2.75, 3.05) is 6.61 Å². The van der Waals surface area contributed by atoms with E-state index >= 15 is 0 Å². The first kappa shape index (κ1) is 18.4. The van der Waals surface area contributed by atoms with Crippen LogP contribution in [0.25, 0.3) is 6.08 Å². The summed E-state index contributed by atoms with van der Waals surface area (Å²) in [4.78, 5) is 4.15. The second-order valence-electron chi connectivity index (χ2n) is 6.48.